The van der Waals surface area contributed by atoms with Crippen molar-refractivity contribution in [2.24, 2.45) is 10.4 Å². The number of benzene rings is 1. The van der Waals surface area contributed by atoms with Gasteiger partial charge in [-0.1, -0.05) is 0 Å². The van der Waals surface area contributed by atoms with Crippen LogP contribution in [-0.2, 0) is 4.74 Å². The second-order valence-electron chi connectivity index (χ2n) is 6.05. The first-order valence-corrected chi connectivity index (χ1v) is 8.29. The largest absolute Gasteiger partial charge is 0.489 e. The van der Waals surface area contributed by atoms with E-state index in [-0.39, 0.29) is 48.4 Å². The topological polar surface area (TPSA) is 75.1 Å². The number of aliphatic hydroxyl groups excluding tert-OH is 1. The second-order valence-corrected chi connectivity index (χ2v) is 6.05. The lowest BCUT2D eigenvalue weighted by atomic mass is 9.84. The smallest absolute Gasteiger partial charge is 0.191 e. The SMILES string of the molecule is CN=C(NCCOc1ccc(F)cc1F)NCC1(CCO)CCOC1.I. The molecule has 0 spiro atoms. The van der Waals surface area contributed by atoms with Crippen LogP contribution in [0.4, 0.5) is 8.78 Å². The van der Waals surface area contributed by atoms with Crippen LogP contribution in [-0.4, -0.2) is 57.6 Å². The van der Waals surface area contributed by atoms with E-state index >= 15 is 0 Å². The van der Waals surface area contributed by atoms with Crippen LogP contribution in [0.1, 0.15) is 12.8 Å². The summed E-state index contributed by atoms with van der Waals surface area (Å²) in [4.78, 5) is 4.13. The molecule has 1 fully saturated rings. The van der Waals surface area contributed by atoms with Crippen molar-refractivity contribution in [2.45, 2.75) is 12.8 Å². The van der Waals surface area contributed by atoms with Gasteiger partial charge in [-0.3, -0.25) is 4.99 Å². The summed E-state index contributed by atoms with van der Waals surface area (Å²) in [5, 5.41) is 15.5. The minimum Gasteiger partial charge on any atom is -0.489 e. The summed E-state index contributed by atoms with van der Waals surface area (Å²) in [5.74, 6) is -0.765. The Morgan fingerprint density at radius 3 is 2.81 bits per heavy atom. The molecule has 6 nitrogen and oxygen atoms in total. The number of ether oxygens (including phenoxy) is 2. The summed E-state index contributed by atoms with van der Waals surface area (Å²) < 4.78 is 37.0. The van der Waals surface area contributed by atoms with Crippen LogP contribution < -0.4 is 15.4 Å². The van der Waals surface area contributed by atoms with Crippen molar-refractivity contribution in [1.29, 1.82) is 0 Å². The third kappa shape index (κ3) is 6.84. The van der Waals surface area contributed by atoms with E-state index in [4.69, 9.17) is 9.47 Å². The maximum absolute atomic E-state index is 13.5. The standard InChI is InChI=1S/C17H25F2N3O3.HI/c1-20-16(22-11-17(4-7-23)5-8-24-12-17)21-6-9-25-15-3-2-13(18)10-14(15)19;/h2-3,10,23H,4-9,11-12H2,1H3,(H2,20,21,22);1H. The number of rotatable bonds is 8. The number of nitrogens with zero attached hydrogens (tertiary/aromatic N) is 1. The number of guanidine groups is 1. The highest BCUT2D eigenvalue weighted by molar-refractivity contribution is 14.0. The van der Waals surface area contributed by atoms with E-state index in [9.17, 15) is 13.9 Å². The molecule has 1 aromatic carbocycles. The van der Waals surface area contributed by atoms with E-state index in [2.05, 4.69) is 15.6 Å². The Bertz CT molecular complexity index is 584. The van der Waals surface area contributed by atoms with Gasteiger partial charge in [0.25, 0.3) is 0 Å². The van der Waals surface area contributed by atoms with Crippen LogP contribution >= 0.6 is 24.0 Å². The number of nitrogens with one attached hydrogen (secondary N) is 2. The van der Waals surface area contributed by atoms with E-state index in [0.29, 0.717) is 38.7 Å². The minimum absolute atomic E-state index is 0. The number of halogens is 3. The second kappa shape index (κ2) is 11.5. The predicted octanol–water partition coefficient (Wildman–Crippen LogP) is 1.92. The molecule has 9 heteroatoms. The Kier molecular flexibility index (Phi) is 10.1. The van der Waals surface area contributed by atoms with Crippen LogP contribution in [0.5, 0.6) is 5.75 Å². The van der Waals surface area contributed by atoms with E-state index in [0.717, 1.165) is 18.6 Å². The molecule has 1 unspecified atom stereocenters. The van der Waals surface area contributed by atoms with Crippen molar-refractivity contribution in [1.82, 2.24) is 10.6 Å². The number of hydrogen-bond donors (Lipinski definition) is 3. The van der Waals surface area contributed by atoms with Crippen molar-refractivity contribution >= 4 is 29.9 Å². The summed E-state index contributed by atoms with van der Waals surface area (Å²) >= 11 is 0. The van der Waals surface area contributed by atoms with Gasteiger partial charge in [0, 0.05) is 38.3 Å². The molecule has 1 aliphatic heterocycles. The Balaban J connectivity index is 0.00000338. The van der Waals surface area contributed by atoms with Crippen molar-refractivity contribution in [3.63, 3.8) is 0 Å². The van der Waals surface area contributed by atoms with E-state index < -0.39 is 11.6 Å². The molecule has 3 N–H and O–H groups in total. The van der Waals surface area contributed by atoms with Gasteiger partial charge < -0.3 is 25.2 Å². The normalized spacial score (nSPS) is 19.8. The predicted molar refractivity (Wildman–Crippen MR) is 106 cm³/mol. The molecular weight excluding hydrogens is 459 g/mol. The lowest BCUT2D eigenvalue weighted by molar-refractivity contribution is 0.127. The van der Waals surface area contributed by atoms with Crippen molar-refractivity contribution in [3.05, 3.63) is 29.8 Å². The first-order chi connectivity index (χ1) is 12.1. The van der Waals surface area contributed by atoms with E-state index in [1.54, 1.807) is 7.05 Å². The molecule has 1 heterocycles. The molecule has 148 valence electrons. The van der Waals surface area contributed by atoms with E-state index in [1.807, 2.05) is 0 Å². The molecule has 0 aliphatic carbocycles. The fourth-order valence-electron chi connectivity index (χ4n) is 2.73. The minimum atomic E-state index is -0.727. The molecule has 0 radical (unpaired) electrons. The van der Waals surface area contributed by atoms with Gasteiger partial charge >= 0.3 is 0 Å². The highest BCUT2D eigenvalue weighted by atomic mass is 127. The maximum Gasteiger partial charge on any atom is 0.191 e. The first kappa shape index (κ1) is 22.8. The van der Waals surface area contributed by atoms with Gasteiger partial charge in [-0.2, -0.15) is 0 Å². The number of aliphatic hydroxyl groups is 1. The third-order valence-electron chi connectivity index (χ3n) is 4.23. The van der Waals surface area contributed by atoms with Gasteiger partial charge in [0.05, 0.1) is 13.2 Å². The number of aliphatic imine (C=N–C) groups is 1. The molecular formula is C17H26F2IN3O3. The molecule has 26 heavy (non-hydrogen) atoms. The lowest BCUT2D eigenvalue weighted by Crippen LogP contribution is -2.45. The fourth-order valence-corrected chi connectivity index (χ4v) is 2.73. The molecule has 1 atom stereocenters. The van der Waals surface area contributed by atoms with Crippen LogP contribution in [0.15, 0.2) is 23.2 Å². The zero-order chi connectivity index (χ0) is 18.1. The molecule has 1 aliphatic rings. The molecule has 0 aromatic heterocycles. The average Bonchev–Trinajstić information content (AvgIpc) is 3.05. The average molecular weight is 485 g/mol. The quantitative estimate of drug-likeness (QED) is 0.227. The Hall–Kier alpha value is -1.20. The molecule has 0 bridgehead atoms. The van der Waals surface area contributed by atoms with Gasteiger partial charge in [-0.05, 0) is 25.0 Å². The van der Waals surface area contributed by atoms with Crippen molar-refractivity contribution < 1.29 is 23.4 Å². The summed E-state index contributed by atoms with van der Waals surface area (Å²) in [5.41, 5.74) is -0.0832. The van der Waals surface area contributed by atoms with E-state index in [1.165, 1.54) is 6.07 Å². The first-order valence-electron chi connectivity index (χ1n) is 8.29. The molecule has 1 aromatic rings. The maximum atomic E-state index is 13.5. The van der Waals surface area contributed by atoms with Crippen molar-refractivity contribution in [2.75, 3.05) is 46.6 Å². The van der Waals surface area contributed by atoms with Gasteiger partial charge in [-0.25, -0.2) is 8.78 Å². The number of hydrogen-bond acceptors (Lipinski definition) is 4. The zero-order valence-electron chi connectivity index (χ0n) is 14.8. The van der Waals surface area contributed by atoms with Crippen LogP contribution in [0.25, 0.3) is 0 Å². The lowest BCUT2D eigenvalue weighted by Gasteiger charge is -2.27. The highest BCUT2D eigenvalue weighted by Crippen LogP contribution is 2.31. The van der Waals surface area contributed by atoms with Crippen LogP contribution in [0.2, 0.25) is 0 Å². The molecule has 1 saturated heterocycles. The fraction of sp³-hybridized carbons (Fsp3) is 0.588. The van der Waals surface area contributed by atoms with Gasteiger partial charge in [0.15, 0.2) is 17.5 Å². The Labute approximate surface area is 169 Å². The summed E-state index contributed by atoms with van der Waals surface area (Å²) in [6, 6.07) is 3.20. The zero-order valence-corrected chi connectivity index (χ0v) is 17.1. The Morgan fingerprint density at radius 1 is 1.38 bits per heavy atom. The van der Waals surface area contributed by atoms with Gasteiger partial charge in [-0.15, -0.1) is 24.0 Å². The highest BCUT2D eigenvalue weighted by Gasteiger charge is 2.34. The Morgan fingerprint density at radius 2 is 2.19 bits per heavy atom. The molecule has 0 amide bonds. The molecule has 0 saturated carbocycles. The molecule has 2 rings (SSSR count). The third-order valence-corrected chi connectivity index (χ3v) is 4.23. The van der Waals surface area contributed by atoms with Crippen LogP contribution in [0.3, 0.4) is 0 Å². The summed E-state index contributed by atoms with van der Waals surface area (Å²) in [6.45, 7) is 2.68. The summed E-state index contributed by atoms with van der Waals surface area (Å²) in [7, 11) is 1.65. The van der Waals surface area contributed by atoms with Crippen molar-refractivity contribution in [3.8, 4) is 5.75 Å². The van der Waals surface area contributed by atoms with Crippen LogP contribution in [0, 0.1) is 17.0 Å². The van der Waals surface area contributed by atoms with Gasteiger partial charge in [0.1, 0.15) is 12.4 Å². The summed E-state index contributed by atoms with van der Waals surface area (Å²) in [6.07, 6.45) is 1.56. The monoisotopic (exact) mass is 485 g/mol. The van der Waals surface area contributed by atoms with Gasteiger partial charge in [0.2, 0.25) is 0 Å².